The molecule has 0 spiro atoms. The van der Waals surface area contributed by atoms with Crippen molar-refractivity contribution in [2.75, 3.05) is 13.1 Å². The minimum atomic E-state index is 0.0516. The van der Waals surface area contributed by atoms with E-state index < -0.39 is 0 Å². The third-order valence-corrected chi connectivity index (χ3v) is 5.85. The fraction of sp³-hybridized carbons (Fsp3) is 0.381. The minimum absolute atomic E-state index is 0.0516. The van der Waals surface area contributed by atoms with Crippen LogP contribution in [0.3, 0.4) is 0 Å². The molecule has 0 bridgehead atoms. The molecule has 1 aromatic carbocycles. The Morgan fingerprint density at radius 1 is 1.19 bits per heavy atom. The van der Waals surface area contributed by atoms with E-state index in [4.69, 9.17) is 4.98 Å². The first-order chi connectivity index (χ1) is 13.0. The first-order valence-electron chi connectivity index (χ1n) is 9.42. The van der Waals surface area contributed by atoms with Crippen LogP contribution < -0.4 is 0 Å². The maximum Gasteiger partial charge on any atom is 0.259 e. The largest absolute Gasteiger partial charge is 0.338 e. The zero-order valence-corrected chi connectivity index (χ0v) is 17.3. The van der Waals surface area contributed by atoms with E-state index in [1.807, 2.05) is 28.5 Å². The van der Waals surface area contributed by atoms with E-state index in [9.17, 15) is 4.79 Å². The van der Waals surface area contributed by atoms with Gasteiger partial charge in [-0.25, -0.2) is 9.50 Å². The standard InChI is InChI=1S/C21H23BrN4O/c1-14-18(12-16-7-6-8-17(22)11-16)15(2)26-20(24-14)19(13-23-26)21(27)25-9-4-3-5-10-25/h6-8,11,13H,3-5,9-10,12H2,1-2H3. The van der Waals surface area contributed by atoms with Crippen molar-refractivity contribution in [1.82, 2.24) is 19.5 Å². The average molecular weight is 427 g/mol. The summed E-state index contributed by atoms with van der Waals surface area (Å²) in [5, 5.41) is 4.49. The van der Waals surface area contributed by atoms with E-state index in [1.54, 1.807) is 6.20 Å². The van der Waals surface area contributed by atoms with Gasteiger partial charge in [-0.15, -0.1) is 0 Å². The van der Waals surface area contributed by atoms with Crippen LogP contribution in [-0.2, 0) is 6.42 Å². The molecule has 3 heterocycles. The number of hydrogen-bond acceptors (Lipinski definition) is 3. The number of piperidine rings is 1. The molecule has 1 fully saturated rings. The van der Waals surface area contributed by atoms with Gasteiger partial charge < -0.3 is 4.90 Å². The van der Waals surface area contributed by atoms with Crippen LogP contribution in [0.1, 0.15) is 52.1 Å². The summed E-state index contributed by atoms with van der Waals surface area (Å²) in [6, 6.07) is 8.30. The summed E-state index contributed by atoms with van der Waals surface area (Å²) in [6.07, 6.45) is 5.82. The molecular formula is C21H23BrN4O. The molecule has 27 heavy (non-hydrogen) atoms. The summed E-state index contributed by atoms with van der Waals surface area (Å²) >= 11 is 3.53. The Labute approximate surface area is 167 Å². The van der Waals surface area contributed by atoms with Crippen molar-refractivity contribution in [3.8, 4) is 0 Å². The van der Waals surface area contributed by atoms with E-state index in [0.717, 1.165) is 53.8 Å². The lowest BCUT2D eigenvalue weighted by Crippen LogP contribution is -2.35. The zero-order chi connectivity index (χ0) is 19.0. The van der Waals surface area contributed by atoms with Crippen molar-refractivity contribution in [3.63, 3.8) is 0 Å². The first kappa shape index (κ1) is 18.2. The van der Waals surface area contributed by atoms with Crippen LogP contribution in [0.4, 0.5) is 0 Å². The smallest absolute Gasteiger partial charge is 0.259 e. The molecule has 4 rings (SSSR count). The highest BCUT2D eigenvalue weighted by Crippen LogP contribution is 2.23. The third-order valence-electron chi connectivity index (χ3n) is 5.35. The van der Waals surface area contributed by atoms with E-state index in [1.165, 1.54) is 12.0 Å². The van der Waals surface area contributed by atoms with Crippen molar-refractivity contribution in [2.24, 2.45) is 0 Å². The van der Waals surface area contributed by atoms with Gasteiger partial charge in [0.2, 0.25) is 0 Å². The molecule has 6 heteroatoms. The van der Waals surface area contributed by atoms with Crippen LogP contribution in [0.2, 0.25) is 0 Å². The molecule has 0 N–H and O–H groups in total. The van der Waals surface area contributed by atoms with Crippen molar-refractivity contribution in [3.05, 3.63) is 63.0 Å². The molecule has 0 atom stereocenters. The fourth-order valence-electron chi connectivity index (χ4n) is 3.84. The van der Waals surface area contributed by atoms with Crippen LogP contribution in [0.25, 0.3) is 5.65 Å². The van der Waals surface area contributed by atoms with Crippen molar-refractivity contribution < 1.29 is 4.79 Å². The van der Waals surface area contributed by atoms with Gasteiger partial charge in [-0.1, -0.05) is 28.1 Å². The summed E-state index contributed by atoms with van der Waals surface area (Å²) < 4.78 is 2.88. The van der Waals surface area contributed by atoms with E-state index in [2.05, 4.69) is 40.1 Å². The Morgan fingerprint density at radius 2 is 1.96 bits per heavy atom. The predicted molar refractivity (Wildman–Crippen MR) is 109 cm³/mol. The van der Waals surface area contributed by atoms with Crippen LogP contribution in [0, 0.1) is 13.8 Å². The number of fused-ring (bicyclic) bond motifs is 1. The number of amides is 1. The van der Waals surface area contributed by atoms with Gasteiger partial charge in [0.05, 0.1) is 6.20 Å². The van der Waals surface area contributed by atoms with E-state index >= 15 is 0 Å². The van der Waals surface area contributed by atoms with Crippen molar-refractivity contribution in [2.45, 2.75) is 39.5 Å². The Morgan fingerprint density at radius 3 is 2.70 bits per heavy atom. The van der Waals surface area contributed by atoms with Gasteiger partial charge >= 0.3 is 0 Å². The molecular weight excluding hydrogens is 404 g/mol. The molecule has 1 aliphatic rings. The van der Waals surface area contributed by atoms with Gasteiger partial charge in [0, 0.05) is 35.4 Å². The lowest BCUT2D eigenvalue weighted by atomic mass is 10.0. The molecule has 1 amide bonds. The topological polar surface area (TPSA) is 50.5 Å². The second-order valence-electron chi connectivity index (χ2n) is 7.21. The molecule has 3 aromatic rings. The number of hydrogen-bond donors (Lipinski definition) is 0. The number of carbonyl (C=O) groups is 1. The number of carbonyl (C=O) groups excluding carboxylic acids is 1. The molecule has 1 aliphatic heterocycles. The Hall–Kier alpha value is -2.21. The minimum Gasteiger partial charge on any atom is -0.338 e. The monoisotopic (exact) mass is 426 g/mol. The highest BCUT2D eigenvalue weighted by Gasteiger charge is 2.23. The molecule has 5 nitrogen and oxygen atoms in total. The SMILES string of the molecule is Cc1nc2c(C(=O)N3CCCCC3)cnn2c(C)c1Cc1cccc(Br)c1. The molecule has 1 saturated heterocycles. The highest BCUT2D eigenvalue weighted by molar-refractivity contribution is 9.10. The maximum atomic E-state index is 12.9. The molecule has 0 unspecified atom stereocenters. The number of rotatable bonds is 3. The van der Waals surface area contributed by atoms with Crippen LogP contribution in [0.15, 0.2) is 34.9 Å². The summed E-state index contributed by atoms with van der Waals surface area (Å²) in [6.45, 7) is 5.73. The van der Waals surface area contributed by atoms with Crippen LogP contribution >= 0.6 is 15.9 Å². The van der Waals surface area contributed by atoms with Gasteiger partial charge in [0.1, 0.15) is 5.56 Å². The quantitative estimate of drug-likeness (QED) is 0.626. The Bertz CT molecular complexity index is 1000. The number of nitrogens with zero attached hydrogens (tertiary/aromatic N) is 4. The number of likely N-dealkylation sites (tertiary alicyclic amines) is 1. The van der Waals surface area contributed by atoms with Crippen molar-refractivity contribution >= 4 is 27.5 Å². The van der Waals surface area contributed by atoms with Crippen molar-refractivity contribution in [1.29, 1.82) is 0 Å². The Balaban J connectivity index is 1.71. The molecule has 0 saturated carbocycles. The second kappa shape index (κ2) is 7.43. The Kier molecular flexibility index (Phi) is 5.00. The van der Waals surface area contributed by atoms with Gasteiger partial charge in [0.15, 0.2) is 5.65 Å². The first-order valence-corrected chi connectivity index (χ1v) is 10.2. The lowest BCUT2D eigenvalue weighted by molar-refractivity contribution is 0.0726. The van der Waals surface area contributed by atoms with Gasteiger partial charge in [0.25, 0.3) is 5.91 Å². The highest BCUT2D eigenvalue weighted by atomic mass is 79.9. The van der Waals surface area contributed by atoms with E-state index in [-0.39, 0.29) is 5.91 Å². The van der Waals surface area contributed by atoms with Gasteiger partial charge in [-0.2, -0.15) is 5.10 Å². The second-order valence-corrected chi connectivity index (χ2v) is 8.13. The number of aromatic nitrogens is 3. The number of halogens is 1. The summed E-state index contributed by atoms with van der Waals surface area (Å²) in [5.41, 5.74) is 5.63. The molecule has 0 radical (unpaired) electrons. The van der Waals surface area contributed by atoms with Gasteiger partial charge in [-0.05, 0) is 56.4 Å². The number of aryl methyl sites for hydroxylation is 2. The zero-order valence-electron chi connectivity index (χ0n) is 15.7. The summed E-state index contributed by atoms with van der Waals surface area (Å²) in [7, 11) is 0. The fourth-order valence-corrected chi connectivity index (χ4v) is 4.28. The maximum absolute atomic E-state index is 12.9. The third kappa shape index (κ3) is 3.50. The lowest BCUT2D eigenvalue weighted by Gasteiger charge is -2.26. The normalized spacial score (nSPS) is 14.7. The van der Waals surface area contributed by atoms with Gasteiger partial charge in [-0.3, -0.25) is 4.79 Å². The summed E-state index contributed by atoms with van der Waals surface area (Å²) in [4.78, 5) is 19.6. The molecule has 140 valence electrons. The average Bonchev–Trinajstić information content (AvgIpc) is 3.09. The summed E-state index contributed by atoms with van der Waals surface area (Å²) in [5.74, 6) is 0.0516. The van der Waals surface area contributed by atoms with Crippen LogP contribution in [-0.4, -0.2) is 38.5 Å². The predicted octanol–water partition coefficient (Wildman–Crippen LogP) is 4.33. The molecule has 2 aromatic heterocycles. The van der Waals surface area contributed by atoms with E-state index in [0.29, 0.717) is 11.2 Å². The number of benzene rings is 1. The molecule has 0 aliphatic carbocycles. The van der Waals surface area contributed by atoms with Crippen LogP contribution in [0.5, 0.6) is 0 Å².